The lowest BCUT2D eigenvalue weighted by Crippen LogP contribution is -2.33. The van der Waals surface area contributed by atoms with Crippen molar-refractivity contribution in [3.63, 3.8) is 0 Å². The molecular formula is C16H22ClN5O. The van der Waals surface area contributed by atoms with Gasteiger partial charge in [-0.05, 0) is 23.8 Å². The maximum absolute atomic E-state index is 12.8. The second-order valence-corrected chi connectivity index (χ2v) is 7.83. The van der Waals surface area contributed by atoms with Crippen molar-refractivity contribution >= 4 is 23.2 Å². The fourth-order valence-electron chi connectivity index (χ4n) is 3.21. The first kappa shape index (κ1) is 16.2. The molecule has 1 aliphatic rings. The van der Waals surface area contributed by atoms with Crippen LogP contribution in [0.5, 0.6) is 0 Å². The summed E-state index contributed by atoms with van der Waals surface area (Å²) in [5.41, 5.74) is 7.16. The van der Waals surface area contributed by atoms with Gasteiger partial charge >= 0.3 is 0 Å². The third kappa shape index (κ3) is 3.19. The van der Waals surface area contributed by atoms with Gasteiger partial charge in [-0.1, -0.05) is 32.4 Å². The van der Waals surface area contributed by atoms with Crippen LogP contribution in [0.25, 0.3) is 5.65 Å². The Morgan fingerprint density at radius 3 is 2.83 bits per heavy atom. The monoisotopic (exact) mass is 335 g/mol. The van der Waals surface area contributed by atoms with Gasteiger partial charge < -0.3 is 10.6 Å². The van der Waals surface area contributed by atoms with Gasteiger partial charge in [-0.3, -0.25) is 4.79 Å². The lowest BCUT2D eigenvalue weighted by molar-refractivity contribution is 0.0776. The summed E-state index contributed by atoms with van der Waals surface area (Å²) in [6.07, 6.45) is 4.34. The van der Waals surface area contributed by atoms with E-state index in [0.29, 0.717) is 29.7 Å². The summed E-state index contributed by atoms with van der Waals surface area (Å²) in [6, 6.07) is 1.74. The Morgan fingerprint density at radius 1 is 1.43 bits per heavy atom. The Kier molecular flexibility index (Phi) is 4.06. The number of fused-ring (bicyclic) bond motifs is 1. The molecule has 2 N–H and O–H groups in total. The predicted molar refractivity (Wildman–Crippen MR) is 89.4 cm³/mol. The minimum absolute atomic E-state index is 0.00731. The van der Waals surface area contributed by atoms with Gasteiger partial charge in [-0.25, -0.2) is 9.50 Å². The van der Waals surface area contributed by atoms with E-state index < -0.39 is 0 Å². The molecule has 0 spiro atoms. The normalized spacial score (nSPS) is 22.0. The Hall–Kier alpha value is -1.66. The maximum atomic E-state index is 12.8. The Morgan fingerprint density at radius 2 is 2.17 bits per heavy atom. The molecule has 7 heteroatoms. The molecule has 1 aliphatic heterocycles. The van der Waals surface area contributed by atoms with Gasteiger partial charge in [0.25, 0.3) is 5.91 Å². The van der Waals surface area contributed by atoms with Crippen LogP contribution in [-0.4, -0.2) is 44.5 Å². The highest BCUT2D eigenvalue weighted by Crippen LogP contribution is 2.31. The molecule has 3 heterocycles. The van der Waals surface area contributed by atoms with Crippen molar-refractivity contribution in [1.29, 1.82) is 0 Å². The number of carbonyl (C=O) groups excluding carboxylic acids is 1. The minimum atomic E-state index is -0.174. The van der Waals surface area contributed by atoms with Crippen molar-refractivity contribution in [3.8, 4) is 0 Å². The number of hydrogen-bond acceptors (Lipinski definition) is 4. The molecule has 3 rings (SSSR count). The van der Waals surface area contributed by atoms with Crippen molar-refractivity contribution in [2.45, 2.75) is 33.2 Å². The van der Waals surface area contributed by atoms with Crippen molar-refractivity contribution in [2.75, 3.05) is 13.1 Å². The molecule has 0 aliphatic carbocycles. The number of nitrogens with zero attached hydrogens (tertiary/aromatic N) is 4. The number of carbonyl (C=O) groups is 1. The van der Waals surface area contributed by atoms with E-state index in [1.807, 2.05) is 0 Å². The van der Waals surface area contributed by atoms with E-state index in [-0.39, 0.29) is 23.1 Å². The van der Waals surface area contributed by atoms with Crippen LogP contribution in [0.15, 0.2) is 18.5 Å². The lowest BCUT2D eigenvalue weighted by Gasteiger charge is -2.24. The number of hydrogen-bond donors (Lipinski definition) is 1. The smallest absolute Gasteiger partial charge is 0.276 e. The topological polar surface area (TPSA) is 76.5 Å². The zero-order valence-corrected chi connectivity index (χ0v) is 14.4. The van der Waals surface area contributed by atoms with Crippen molar-refractivity contribution in [3.05, 3.63) is 29.2 Å². The first-order valence-corrected chi connectivity index (χ1v) is 8.18. The van der Waals surface area contributed by atoms with E-state index in [1.54, 1.807) is 23.4 Å². The summed E-state index contributed by atoms with van der Waals surface area (Å²) in [5, 5.41) is 4.57. The van der Waals surface area contributed by atoms with Gasteiger partial charge in [-0.15, -0.1) is 0 Å². The van der Waals surface area contributed by atoms with Crippen molar-refractivity contribution in [1.82, 2.24) is 19.5 Å². The van der Waals surface area contributed by atoms with Crippen LogP contribution in [0.3, 0.4) is 0 Å². The van der Waals surface area contributed by atoms with Crippen LogP contribution in [0.4, 0.5) is 0 Å². The fraction of sp³-hybridized carbons (Fsp3) is 0.562. The van der Waals surface area contributed by atoms with E-state index in [9.17, 15) is 4.79 Å². The van der Waals surface area contributed by atoms with Crippen molar-refractivity contribution < 1.29 is 4.79 Å². The molecule has 124 valence electrons. The molecule has 1 fully saturated rings. The van der Waals surface area contributed by atoms with Gasteiger partial charge in [0.15, 0.2) is 11.3 Å². The zero-order valence-electron chi connectivity index (χ0n) is 13.7. The zero-order chi connectivity index (χ0) is 16.8. The first-order chi connectivity index (χ1) is 10.8. The highest BCUT2D eigenvalue weighted by Gasteiger charge is 2.37. The van der Waals surface area contributed by atoms with Crippen molar-refractivity contribution in [2.24, 2.45) is 17.1 Å². The molecule has 0 bridgehead atoms. The average molecular weight is 336 g/mol. The molecule has 6 nitrogen and oxygen atoms in total. The van der Waals surface area contributed by atoms with Gasteiger partial charge in [0.05, 0.1) is 0 Å². The van der Waals surface area contributed by atoms with E-state index >= 15 is 0 Å². The van der Waals surface area contributed by atoms with Gasteiger partial charge in [0, 0.05) is 31.5 Å². The number of aromatic nitrogens is 3. The molecule has 0 radical (unpaired) electrons. The van der Waals surface area contributed by atoms with Crippen LogP contribution in [0, 0.1) is 11.3 Å². The Balaban J connectivity index is 1.82. The molecule has 2 aromatic rings. The SMILES string of the molecule is CC(C)(C)CC1CN(C(=O)c2nn3cccnc3c2Cl)CC1N. The van der Waals surface area contributed by atoms with E-state index in [1.165, 1.54) is 4.52 Å². The second kappa shape index (κ2) is 5.76. The van der Waals surface area contributed by atoms with E-state index in [4.69, 9.17) is 17.3 Å². The van der Waals surface area contributed by atoms with Crippen LogP contribution in [0.2, 0.25) is 5.02 Å². The summed E-state index contributed by atoms with van der Waals surface area (Å²) >= 11 is 6.29. The maximum Gasteiger partial charge on any atom is 0.276 e. The Labute approximate surface area is 140 Å². The summed E-state index contributed by atoms with van der Waals surface area (Å²) in [6.45, 7) is 7.75. The molecule has 23 heavy (non-hydrogen) atoms. The molecule has 1 amide bonds. The quantitative estimate of drug-likeness (QED) is 0.913. The third-order valence-electron chi connectivity index (χ3n) is 4.20. The summed E-state index contributed by atoms with van der Waals surface area (Å²) in [7, 11) is 0. The predicted octanol–water partition coefficient (Wildman–Crippen LogP) is 2.22. The van der Waals surface area contributed by atoms with Gasteiger partial charge in [0.1, 0.15) is 5.02 Å². The summed E-state index contributed by atoms with van der Waals surface area (Å²) in [4.78, 5) is 18.7. The molecule has 2 unspecified atom stereocenters. The number of halogens is 1. The average Bonchev–Trinajstić information content (AvgIpc) is 2.99. The molecule has 0 saturated carbocycles. The third-order valence-corrected chi connectivity index (χ3v) is 4.54. The second-order valence-electron chi connectivity index (χ2n) is 7.45. The molecule has 1 saturated heterocycles. The largest absolute Gasteiger partial charge is 0.335 e. The van der Waals surface area contributed by atoms with Crippen LogP contribution in [0.1, 0.15) is 37.7 Å². The van der Waals surface area contributed by atoms with Gasteiger partial charge in [0.2, 0.25) is 0 Å². The number of amides is 1. The highest BCUT2D eigenvalue weighted by atomic mass is 35.5. The molecule has 2 aromatic heterocycles. The van der Waals surface area contributed by atoms with Crippen LogP contribution >= 0.6 is 11.6 Å². The lowest BCUT2D eigenvalue weighted by atomic mass is 9.83. The molecule has 0 aromatic carbocycles. The standard InChI is InChI=1S/C16H22ClN5O/c1-16(2,3)7-10-8-21(9-11(10)18)15(23)13-12(17)14-19-5-4-6-22(14)20-13/h4-6,10-11H,7-9,18H2,1-3H3. The summed E-state index contributed by atoms with van der Waals surface area (Å²) < 4.78 is 1.53. The first-order valence-electron chi connectivity index (χ1n) is 7.80. The molecular weight excluding hydrogens is 314 g/mol. The highest BCUT2D eigenvalue weighted by molar-refractivity contribution is 6.36. The number of rotatable bonds is 2. The van der Waals surface area contributed by atoms with Gasteiger partial charge in [-0.2, -0.15) is 5.10 Å². The summed E-state index contributed by atoms with van der Waals surface area (Å²) in [5.74, 6) is 0.125. The fourth-order valence-corrected chi connectivity index (χ4v) is 3.46. The van der Waals surface area contributed by atoms with E-state index in [2.05, 4.69) is 30.9 Å². The van der Waals surface area contributed by atoms with Crippen LogP contribution < -0.4 is 5.73 Å². The van der Waals surface area contributed by atoms with Crippen LogP contribution in [-0.2, 0) is 0 Å². The van der Waals surface area contributed by atoms with E-state index in [0.717, 1.165) is 6.42 Å². The number of likely N-dealkylation sites (tertiary alicyclic amines) is 1. The number of nitrogens with two attached hydrogens (primary N) is 1. The minimum Gasteiger partial charge on any atom is -0.335 e. The molecule has 2 atom stereocenters. The Bertz CT molecular complexity index is 736.